The first-order chi connectivity index (χ1) is 16.0. The number of hydrogen-bond donors (Lipinski definition) is 1. The SMILES string of the molecule is C#CCOc1ccc(/C=C(\C#N)C(=O)Nc2ccc(OCc3ccccc3Cl)cc2)cc1Cl. The summed E-state index contributed by atoms with van der Waals surface area (Å²) >= 11 is 12.3. The van der Waals surface area contributed by atoms with Crippen LogP contribution in [0.1, 0.15) is 11.1 Å². The number of rotatable bonds is 8. The van der Waals surface area contributed by atoms with Gasteiger partial charge in [0.15, 0.2) is 0 Å². The summed E-state index contributed by atoms with van der Waals surface area (Å²) in [4.78, 5) is 12.5. The van der Waals surface area contributed by atoms with Gasteiger partial charge in [-0.15, -0.1) is 6.42 Å². The summed E-state index contributed by atoms with van der Waals surface area (Å²) in [6.07, 6.45) is 6.61. The summed E-state index contributed by atoms with van der Waals surface area (Å²) < 4.78 is 11.0. The van der Waals surface area contributed by atoms with Crippen molar-refractivity contribution in [2.75, 3.05) is 11.9 Å². The van der Waals surface area contributed by atoms with Gasteiger partial charge in [-0.25, -0.2) is 0 Å². The Morgan fingerprint density at radius 1 is 1.03 bits per heavy atom. The largest absolute Gasteiger partial charge is 0.489 e. The van der Waals surface area contributed by atoms with E-state index >= 15 is 0 Å². The summed E-state index contributed by atoms with van der Waals surface area (Å²) in [6.45, 7) is 0.409. The minimum Gasteiger partial charge on any atom is -0.489 e. The molecular weight excluding hydrogens is 459 g/mol. The highest BCUT2D eigenvalue weighted by atomic mass is 35.5. The first kappa shape index (κ1) is 23.8. The summed E-state index contributed by atoms with van der Waals surface area (Å²) in [5, 5.41) is 13.1. The van der Waals surface area contributed by atoms with Crippen LogP contribution in [0.25, 0.3) is 6.08 Å². The number of hydrogen-bond acceptors (Lipinski definition) is 4. The van der Waals surface area contributed by atoms with Crippen LogP contribution in [0, 0.1) is 23.7 Å². The average Bonchev–Trinajstić information content (AvgIpc) is 2.82. The highest BCUT2D eigenvalue weighted by Gasteiger charge is 2.11. The molecule has 3 rings (SSSR count). The molecule has 0 saturated heterocycles. The number of anilines is 1. The zero-order valence-corrected chi connectivity index (χ0v) is 18.9. The molecule has 0 aliphatic rings. The Hall–Kier alpha value is -3.90. The lowest BCUT2D eigenvalue weighted by atomic mass is 10.1. The predicted molar refractivity (Wildman–Crippen MR) is 130 cm³/mol. The lowest BCUT2D eigenvalue weighted by Crippen LogP contribution is -2.13. The van der Waals surface area contributed by atoms with E-state index in [0.29, 0.717) is 39.4 Å². The number of ether oxygens (including phenoxy) is 2. The summed E-state index contributed by atoms with van der Waals surface area (Å²) in [6, 6.07) is 21.0. The van der Waals surface area contributed by atoms with Gasteiger partial charge in [-0.1, -0.05) is 53.4 Å². The Bertz CT molecular complexity index is 1260. The van der Waals surface area contributed by atoms with E-state index in [1.54, 1.807) is 48.5 Å². The smallest absolute Gasteiger partial charge is 0.266 e. The molecule has 33 heavy (non-hydrogen) atoms. The maximum Gasteiger partial charge on any atom is 0.266 e. The average molecular weight is 477 g/mol. The molecule has 3 aromatic rings. The number of carbonyl (C=O) groups is 1. The molecule has 0 atom stereocenters. The molecule has 0 aromatic heterocycles. The second-order valence-corrected chi connectivity index (χ2v) is 7.53. The molecule has 0 aliphatic heterocycles. The zero-order chi connectivity index (χ0) is 23.6. The van der Waals surface area contributed by atoms with Crippen LogP contribution in [0.2, 0.25) is 10.0 Å². The van der Waals surface area contributed by atoms with Crippen LogP contribution in [0.4, 0.5) is 5.69 Å². The lowest BCUT2D eigenvalue weighted by Gasteiger charge is -2.09. The van der Waals surface area contributed by atoms with Crippen LogP contribution < -0.4 is 14.8 Å². The summed E-state index contributed by atoms with van der Waals surface area (Å²) in [7, 11) is 0. The molecule has 0 bridgehead atoms. The molecule has 164 valence electrons. The van der Waals surface area contributed by atoms with Crippen LogP contribution in [0.5, 0.6) is 11.5 Å². The van der Waals surface area contributed by atoms with Gasteiger partial charge in [0, 0.05) is 16.3 Å². The Morgan fingerprint density at radius 2 is 1.79 bits per heavy atom. The number of nitriles is 1. The van der Waals surface area contributed by atoms with Gasteiger partial charge in [0.1, 0.15) is 36.4 Å². The fourth-order valence-corrected chi connectivity index (χ4v) is 3.20. The predicted octanol–water partition coefficient (Wildman–Crippen LogP) is 6.13. The molecule has 0 unspecified atom stereocenters. The van der Waals surface area contributed by atoms with Gasteiger partial charge in [-0.2, -0.15) is 5.26 Å². The fourth-order valence-electron chi connectivity index (χ4n) is 2.77. The van der Waals surface area contributed by atoms with Gasteiger partial charge < -0.3 is 14.8 Å². The second-order valence-electron chi connectivity index (χ2n) is 6.71. The monoisotopic (exact) mass is 476 g/mol. The van der Waals surface area contributed by atoms with Crippen LogP contribution in [-0.2, 0) is 11.4 Å². The molecule has 0 aliphatic carbocycles. The standard InChI is InChI=1S/C26H18Cl2N2O3/c1-2-13-32-25-12-7-18(15-24(25)28)14-20(16-29)26(31)30-21-8-10-22(11-9-21)33-17-19-5-3-4-6-23(19)27/h1,3-12,14-15H,13,17H2,(H,30,31)/b20-14+. The number of amides is 1. The quantitative estimate of drug-likeness (QED) is 0.241. The van der Waals surface area contributed by atoms with Crippen LogP contribution in [0.15, 0.2) is 72.3 Å². The lowest BCUT2D eigenvalue weighted by molar-refractivity contribution is -0.112. The van der Waals surface area contributed by atoms with Gasteiger partial charge in [-0.05, 0) is 54.1 Å². The number of halogens is 2. The van der Waals surface area contributed by atoms with Crippen molar-refractivity contribution >= 4 is 40.9 Å². The molecule has 0 saturated carbocycles. The molecule has 0 fully saturated rings. The maximum absolute atomic E-state index is 12.5. The van der Waals surface area contributed by atoms with Crippen molar-refractivity contribution in [3.05, 3.63) is 93.5 Å². The van der Waals surface area contributed by atoms with E-state index < -0.39 is 5.91 Å². The van der Waals surface area contributed by atoms with E-state index in [2.05, 4.69) is 11.2 Å². The molecule has 3 aromatic carbocycles. The first-order valence-corrected chi connectivity index (χ1v) is 10.5. The van der Waals surface area contributed by atoms with Gasteiger partial charge in [0.25, 0.3) is 5.91 Å². The molecule has 0 radical (unpaired) electrons. The van der Waals surface area contributed by atoms with Crippen molar-refractivity contribution in [2.45, 2.75) is 6.61 Å². The fraction of sp³-hybridized carbons (Fsp3) is 0.0769. The number of benzene rings is 3. The van der Waals surface area contributed by atoms with Crippen LogP contribution >= 0.6 is 23.2 Å². The molecule has 1 N–H and O–H groups in total. The molecule has 5 nitrogen and oxygen atoms in total. The maximum atomic E-state index is 12.5. The van der Waals surface area contributed by atoms with Crippen molar-refractivity contribution in [3.63, 3.8) is 0 Å². The summed E-state index contributed by atoms with van der Waals surface area (Å²) in [5.41, 5.74) is 1.88. The van der Waals surface area contributed by atoms with Crippen LogP contribution in [0.3, 0.4) is 0 Å². The van der Waals surface area contributed by atoms with E-state index in [4.69, 9.17) is 39.1 Å². The zero-order valence-electron chi connectivity index (χ0n) is 17.3. The van der Waals surface area contributed by atoms with E-state index in [1.165, 1.54) is 6.08 Å². The van der Waals surface area contributed by atoms with Gasteiger partial charge in [-0.3, -0.25) is 4.79 Å². The third-order valence-electron chi connectivity index (χ3n) is 4.41. The Labute approximate surface area is 202 Å². The normalized spacial score (nSPS) is 10.6. The number of carbonyl (C=O) groups excluding carboxylic acids is 1. The van der Waals surface area contributed by atoms with Crippen molar-refractivity contribution in [1.82, 2.24) is 0 Å². The van der Waals surface area contributed by atoms with E-state index in [9.17, 15) is 10.1 Å². The third kappa shape index (κ3) is 6.79. The number of nitrogens with zero attached hydrogens (tertiary/aromatic N) is 1. The minimum atomic E-state index is -0.550. The third-order valence-corrected chi connectivity index (χ3v) is 5.07. The van der Waals surface area contributed by atoms with E-state index in [1.807, 2.05) is 24.3 Å². The minimum absolute atomic E-state index is 0.0811. The topological polar surface area (TPSA) is 71.3 Å². The number of terminal acetylenes is 1. The van der Waals surface area contributed by atoms with Crippen LogP contribution in [-0.4, -0.2) is 12.5 Å². The van der Waals surface area contributed by atoms with Gasteiger partial charge >= 0.3 is 0 Å². The Balaban J connectivity index is 1.63. The van der Waals surface area contributed by atoms with E-state index in [0.717, 1.165) is 5.56 Å². The molecular formula is C26H18Cl2N2O3. The van der Waals surface area contributed by atoms with Gasteiger partial charge in [0.05, 0.1) is 5.02 Å². The Morgan fingerprint density at radius 3 is 2.45 bits per heavy atom. The van der Waals surface area contributed by atoms with Crippen molar-refractivity contribution in [2.24, 2.45) is 0 Å². The number of nitrogens with one attached hydrogen (secondary N) is 1. The van der Waals surface area contributed by atoms with Crippen molar-refractivity contribution in [3.8, 4) is 29.9 Å². The van der Waals surface area contributed by atoms with Crippen molar-refractivity contribution in [1.29, 1.82) is 5.26 Å². The molecule has 1 amide bonds. The highest BCUT2D eigenvalue weighted by molar-refractivity contribution is 6.32. The summed E-state index contributed by atoms with van der Waals surface area (Å²) in [5.74, 6) is 2.84. The molecule has 7 heteroatoms. The highest BCUT2D eigenvalue weighted by Crippen LogP contribution is 2.26. The molecule has 0 spiro atoms. The first-order valence-electron chi connectivity index (χ1n) is 9.75. The van der Waals surface area contributed by atoms with Gasteiger partial charge in [0.2, 0.25) is 0 Å². The molecule has 0 heterocycles. The Kier molecular flexibility index (Phi) is 8.38. The second kappa shape index (κ2) is 11.6. The van der Waals surface area contributed by atoms with Crippen molar-refractivity contribution < 1.29 is 14.3 Å². The van der Waals surface area contributed by atoms with E-state index in [-0.39, 0.29) is 12.2 Å².